The van der Waals surface area contributed by atoms with E-state index in [1.807, 2.05) is 18.2 Å². The van der Waals surface area contributed by atoms with E-state index in [-0.39, 0.29) is 15.4 Å². The van der Waals surface area contributed by atoms with Crippen LogP contribution in [0.25, 0.3) is 0 Å². The number of hydrogen-bond acceptors (Lipinski definition) is 1. The monoisotopic (exact) mass is 382 g/mol. The van der Waals surface area contributed by atoms with Gasteiger partial charge in [-0.05, 0) is 23.3 Å². The maximum atomic E-state index is 13.4. The van der Waals surface area contributed by atoms with Crippen molar-refractivity contribution in [1.82, 2.24) is 0 Å². The minimum atomic E-state index is -0.391. The Hall–Kier alpha value is -1.00. The Labute approximate surface area is 127 Å². The Balaban J connectivity index is 2.31. The lowest BCUT2D eigenvalue weighted by atomic mass is 9.99. The molecule has 0 radical (unpaired) electrons. The summed E-state index contributed by atoms with van der Waals surface area (Å²) in [5.41, 5.74) is 2.78. The van der Waals surface area contributed by atoms with Crippen LogP contribution in [0.3, 0.4) is 0 Å². The van der Waals surface area contributed by atoms with Crippen LogP contribution >= 0.6 is 31.9 Å². The topological polar surface area (TPSA) is 17.1 Å². The molecule has 1 aliphatic carbocycles. The average molecular weight is 384 g/mol. The number of hydrogen-bond donors (Lipinski definition) is 0. The average Bonchev–Trinajstić information content (AvgIpc) is 2.51. The van der Waals surface area contributed by atoms with Crippen LogP contribution in [0.1, 0.15) is 36.7 Å². The summed E-state index contributed by atoms with van der Waals surface area (Å²) in [7, 11) is 0. The van der Waals surface area contributed by atoms with Gasteiger partial charge < -0.3 is 0 Å². The van der Waals surface area contributed by atoms with Gasteiger partial charge in [0.1, 0.15) is 5.82 Å². The SMILES string of the molecule is O=C1c2ccccc2C(Br)C(Br)c2ccc(F)cc21. The molecule has 0 N–H and O–H groups in total. The highest BCUT2D eigenvalue weighted by atomic mass is 79.9. The summed E-state index contributed by atoms with van der Waals surface area (Å²) >= 11 is 7.23. The Morgan fingerprint density at radius 2 is 1.53 bits per heavy atom. The highest BCUT2D eigenvalue weighted by Crippen LogP contribution is 2.47. The molecule has 0 saturated heterocycles. The molecular formula is C15H9Br2FO. The molecule has 0 spiro atoms. The molecule has 0 amide bonds. The fraction of sp³-hybridized carbons (Fsp3) is 0.133. The summed E-state index contributed by atoms with van der Waals surface area (Å²) in [4.78, 5) is 12.5. The van der Waals surface area contributed by atoms with Gasteiger partial charge >= 0.3 is 0 Å². The van der Waals surface area contributed by atoms with Crippen LogP contribution in [0, 0.1) is 5.82 Å². The van der Waals surface area contributed by atoms with Crippen molar-refractivity contribution in [1.29, 1.82) is 0 Å². The van der Waals surface area contributed by atoms with E-state index in [1.165, 1.54) is 12.1 Å². The third kappa shape index (κ3) is 2.07. The largest absolute Gasteiger partial charge is 0.289 e. The van der Waals surface area contributed by atoms with Gasteiger partial charge in [0, 0.05) is 11.1 Å². The van der Waals surface area contributed by atoms with E-state index >= 15 is 0 Å². The first-order valence-electron chi connectivity index (χ1n) is 5.81. The van der Waals surface area contributed by atoms with Crippen molar-refractivity contribution < 1.29 is 9.18 Å². The van der Waals surface area contributed by atoms with E-state index in [2.05, 4.69) is 31.9 Å². The second-order valence-corrected chi connectivity index (χ2v) is 6.42. The zero-order valence-corrected chi connectivity index (χ0v) is 12.9. The van der Waals surface area contributed by atoms with Crippen LogP contribution in [-0.4, -0.2) is 5.78 Å². The lowest BCUT2D eigenvalue weighted by molar-refractivity contribution is 0.103. The molecule has 4 heteroatoms. The Morgan fingerprint density at radius 3 is 2.26 bits per heavy atom. The van der Waals surface area contributed by atoms with Crippen LogP contribution in [0.4, 0.5) is 4.39 Å². The predicted octanol–water partition coefficient (Wildman–Crippen LogP) is 4.94. The standard InChI is InChI=1S/C15H9Br2FO/c16-13-9-3-1-2-4-11(9)15(19)12-7-8(18)5-6-10(12)14(13)17/h1-7,13-14H. The Morgan fingerprint density at radius 1 is 0.895 bits per heavy atom. The second kappa shape index (κ2) is 4.84. The summed E-state index contributed by atoms with van der Waals surface area (Å²) in [5, 5.41) is 0. The van der Waals surface area contributed by atoms with Crippen molar-refractivity contribution >= 4 is 37.6 Å². The molecule has 0 heterocycles. The quantitative estimate of drug-likeness (QED) is 0.588. The maximum Gasteiger partial charge on any atom is 0.193 e. The number of fused-ring (bicyclic) bond motifs is 2. The van der Waals surface area contributed by atoms with E-state index in [1.54, 1.807) is 12.1 Å². The summed E-state index contributed by atoms with van der Waals surface area (Å²) in [6.45, 7) is 0. The number of rotatable bonds is 0. The fourth-order valence-corrected chi connectivity index (χ4v) is 3.74. The molecular weight excluding hydrogens is 375 g/mol. The molecule has 0 fully saturated rings. The lowest BCUT2D eigenvalue weighted by Gasteiger charge is -2.16. The van der Waals surface area contributed by atoms with Crippen LogP contribution in [0.5, 0.6) is 0 Å². The van der Waals surface area contributed by atoms with Gasteiger partial charge in [-0.1, -0.05) is 62.2 Å². The molecule has 0 aliphatic heterocycles. The normalized spacial score (nSPS) is 21.5. The Kier molecular flexibility index (Phi) is 3.31. The maximum absolute atomic E-state index is 13.4. The molecule has 96 valence electrons. The van der Waals surface area contributed by atoms with Gasteiger partial charge in [0.15, 0.2) is 5.78 Å². The van der Waals surface area contributed by atoms with Crippen LogP contribution in [0.2, 0.25) is 0 Å². The van der Waals surface area contributed by atoms with E-state index in [4.69, 9.17) is 0 Å². The fourth-order valence-electron chi connectivity index (χ4n) is 2.37. The number of ketones is 1. The van der Waals surface area contributed by atoms with E-state index in [0.29, 0.717) is 11.1 Å². The third-order valence-corrected chi connectivity index (χ3v) is 6.07. The number of carbonyl (C=O) groups is 1. The van der Waals surface area contributed by atoms with Gasteiger partial charge in [0.05, 0.1) is 9.65 Å². The molecule has 0 saturated carbocycles. The molecule has 2 unspecified atom stereocenters. The van der Waals surface area contributed by atoms with Crippen molar-refractivity contribution in [2.45, 2.75) is 9.65 Å². The summed E-state index contributed by atoms with van der Waals surface area (Å²) in [6.07, 6.45) is 0. The van der Waals surface area contributed by atoms with Gasteiger partial charge in [-0.3, -0.25) is 4.79 Å². The van der Waals surface area contributed by atoms with Gasteiger partial charge in [0.2, 0.25) is 0 Å². The molecule has 1 nitrogen and oxygen atoms in total. The third-order valence-electron chi connectivity index (χ3n) is 3.32. The lowest BCUT2D eigenvalue weighted by Crippen LogP contribution is -2.04. The first-order chi connectivity index (χ1) is 9.09. The molecule has 1 aliphatic rings. The molecule has 3 rings (SSSR count). The summed E-state index contributed by atoms with van der Waals surface area (Å²) in [6, 6.07) is 11.8. The van der Waals surface area contributed by atoms with Gasteiger partial charge in [-0.2, -0.15) is 0 Å². The molecule has 0 aromatic heterocycles. The smallest absolute Gasteiger partial charge is 0.193 e. The van der Waals surface area contributed by atoms with Gasteiger partial charge in [0.25, 0.3) is 0 Å². The van der Waals surface area contributed by atoms with E-state index < -0.39 is 5.82 Å². The Bertz CT molecular complexity index is 669. The zero-order valence-electron chi connectivity index (χ0n) is 9.74. The second-order valence-electron chi connectivity index (χ2n) is 4.45. The molecule has 2 aromatic rings. The van der Waals surface area contributed by atoms with Crippen molar-refractivity contribution in [3.05, 3.63) is 70.5 Å². The molecule has 19 heavy (non-hydrogen) atoms. The number of benzene rings is 2. The minimum Gasteiger partial charge on any atom is -0.289 e. The summed E-state index contributed by atoms with van der Waals surface area (Å²) < 4.78 is 13.4. The van der Waals surface area contributed by atoms with Gasteiger partial charge in [-0.15, -0.1) is 0 Å². The van der Waals surface area contributed by atoms with Crippen molar-refractivity contribution in [3.8, 4) is 0 Å². The molecule has 0 bridgehead atoms. The first kappa shape index (κ1) is 13.0. The molecule has 2 atom stereocenters. The van der Waals surface area contributed by atoms with Crippen molar-refractivity contribution in [2.24, 2.45) is 0 Å². The highest BCUT2D eigenvalue weighted by molar-refractivity contribution is 9.12. The predicted molar refractivity (Wildman–Crippen MR) is 79.6 cm³/mol. The zero-order chi connectivity index (χ0) is 13.6. The van der Waals surface area contributed by atoms with Crippen molar-refractivity contribution in [2.75, 3.05) is 0 Å². The van der Waals surface area contributed by atoms with E-state index in [9.17, 15) is 9.18 Å². The highest BCUT2D eigenvalue weighted by Gasteiger charge is 2.32. The minimum absolute atomic E-state index is 0.0284. The van der Waals surface area contributed by atoms with Crippen LogP contribution in [-0.2, 0) is 0 Å². The van der Waals surface area contributed by atoms with Gasteiger partial charge in [-0.25, -0.2) is 4.39 Å². The first-order valence-corrected chi connectivity index (χ1v) is 7.64. The number of alkyl halides is 2. The number of halogens is 3. The molecule has 2 aromatic carbocycles. The van der Waals surface area contributed by atoms with Crippen LogP contribution < -0.4 is 0 Å². The van der Waals surface area contributed by atoms with Crippen molar-refractivity contribution in [3.63, 3.8) is 0 Å². The van der Waals surface area contributed by atoms with E-state index in [0.717, 1.165) is 11.1 Å². The summed E-state index contributed by atoms with van der Waals surface area (Å²) in [5.74, 6) is -0.520. The van der Waals surface area contributed by atoms with Crippen LogP contribution in [0.15, 0.2) is 42.5 Å². The number of carbonyl (C=O) groups excluding carboxylic acids is 1.